The molecule has 1 aromatic carbocycles. The number of fused-ring (bicyclic) bond motifs is 1. The summed E-state index contributed by atoms with van der Waals surface area (Å²) in [6, 6.07) is 11.0. The van der Waals surface area contributed by atoms with E-state index in [9.17, 15) is 4.79 Å². The van der Waals surface area contributed by atoms with Gasteiger partial charge in [-0.3, -0.25) is 4.79 Å². The van der Waals surface area contributed by atoms with Gasteiger partial charge >= 0.3 is 0 Å². The molecule has 0 radical (unpaired) electrons. The number of rotatable bonds is 3. The Balaban J connectivity index is 1.58. The Hall–Kier alpha value is -2.93. The SMILES string of the molecule is COc1cccc2cc(-c3ccc(C(=O)N4CCNC(C)(C)C4)nn3)oc12. The molecule has 0 unspecified atom stereocenters. The number of furan rings is 1. The summed E-state index contributed by atoms with van der Waals surface area (Å²) in [6.45, 7) is 6.23. The Kier molecular flexibility index (Phi) is 4.31. The van der Waals surface area contributed by atoms with E-state index < -0.39 is 0 Å². The third-order valence-electron chi connectivity index (χ3n) is 4.72. The number of carbonyl (C=O) groups is 1. The third-order valence-corrected chi connectivity index (χ3v) is 4.72. The summed E-state index contributed by atoms with van der Waals surface area (Å²) in [5.74, 6) is 1.15. The molecular weight excluding hydrogens is 344 g/mol. The molecule has 0 saturated carbocycles. The van der Waals surface area contributed by atoms with Gasteiger partial charge in [0.15, 0.2) is 22.8 Å². The molecule has 1 N–H and O–H groups in total. The van der Waals surface area contributed by atoms with E-state index in [1.54, 1.807) is 19.2 Å². The normalized spacial score (nSPS) is 16.5. The highest BCUT2D eigenvalue weighted by molar-refractivity contribution is 5.92. The van der Waals surface area contributed by atoms with Crippen molar-refractivity contribution in [2.45, 2.75) is 19.4 Å². The smallest absolute Gasteiger partial charge is 0.274 e. The standard InChI is InChI=1S/C20H22N4O3/c1-20(2)12-24(10-9-21-20)19(25)15-8-7-14(22-23-15)17-11-13-5-4-6-16(26-3)18(13)27-17/h4-8,11,21H,9-10,12H2,1-3H3. The zero-order valence-corrected chi connectivity index (χ0v) is 15.7. The minimum Gasteiger partial charge on any atom is -0.493 e. The van der Waals surface area contributed by atoms with Gasteiger partial charge in [-0.15, -0.1) is 10.2 Å². The van der Waals surface area contributed by atoms with E-state index in [2.05, 4.69) is 29.4 Å². The molecule has 1 saturated heterocycles. The number of methoxy groups -OCH3 is 1. The number of benzene rings is 1. The summed E-state index contributed by atoms with van der Waals surface area (Å²) < 4.78 is 11.2. The van der Waals surface area contributed by atoms with E-state index in [0.29, 0.717) is 41.6 Å². The molecular formula is C20H22N4O3. The molecule has 27 heavy (non-hydrogen) atoms. The molecule has 0 bridgehead atoms. The predicted molar refractivity (Wildman–Crippen MR) is 102 cm³/mol. The van der Waals surface area contributed by atoms with E-state index in [1.165, 1.54) is 0 Å². The Bertz CT molecular complexity index is 979. The second-order valence-electron chi connectivity index (χ2n) is 7.33. The average molecular weight is 366 g/mol. The minimum absolute atomic E-state index is 0.102. The van der Waals surface area contributed by atoms with Crippen LogP contribution in [0.4, 0.5) is 0 Å². The van der Waals surface area contributed by atoms with Gasteiger partial charge in [-0.2, -0.15) is 0 Å². The van der Waals surface area contributed by atoms with Crippen molar-refractivity contribution in [1.82, 2.24) is 20.4 Å². The van der Waals surface area contributed by atoms with Crippen LogP contribution in [0.25, 0.3) is 22.4 Å². The highest BCUT2D eigenvalue weighted by atomic mass is 16.5. The van der Waals surface area contributed by atoms with Gasteiger partial charge in [0.25, 0.3) is 5.91 Å². The number of ether oxygens (including phenoxy) is 1. The van der Waals surface area contributed by atoms with E-state index in [4.69, 9.17) is 9.15 Å². The molecule has 140 valence electrons. The van der Waals surface area contributed by atoms with Crippen molar-refractivity contribution in [2.24, 2.45) is 0 Å². The lowest BCUT2D eigenvalue weighted by molar-refractivity contribution is 0.0645. The molecule has 0 aliphatic carbocycles. The van der Waals surface area contributed by atoms with Gasteiger partial charge in [0.05, 0.1) is 7.11 Å². The molecule has 1 aliphatic rings. The van der Waals surface area contributed by atoms with E-state index in [1.807, 2.05) is 29.2 Å². The number of nitrogens with one attached hydrogen (secondary N) is 1. The molecule has 7 nitrogen and oxygen atoms in total. The van der Waals surface area contributed by atoms with Gasteiger partial charge in [-0.25, -0.2) is 0 Å². The first-order chi connectivity index (χ1) is 13.0. The van der Waals surface area contributed by atoms with Crippen LogP contribution < -0.4 is 10.1 Å². The molecule has 0 atom stereocenters. The van der Waals surface area contributed by atoms with Crippen molar-refractivity contribution in [2.75, 3.05) is 26.7 Å². The van der Waals surface area contributed by atoms with Crippen LogP contribution in [0.5, 0.6) is 5.75 Å². The highest BCUT2D eigenvalue weighted by Crippen LogP contribution is 2.32. The molecule has 7 heteroatoms. The van der Waals surface area contributed by atoms with Crippen molar-refractivity contribution in [3.63, 3.8) is 0 Å². The van der Waals surface area contributed by atoms with Crippen LogP contribution >= 0.6 is 0 Å². The fraction of sp³-hybridized carbons (Fsp3) is 0.350. The van der Waals surface area contributed by atoms with Gasteiger partial charge in [0.1, 0.15) is 5.69 Å². The summed E-state index contributed by atoms with van der Waals surface area (Å²) in [5.41, 5.74) is 1.48. The minimum atomic E-state index is -0.103. The molecule has 0 spiro atoms. The Morgan fingerprint density at radius 1 is 1.26 bits per heavy atom. The van der Waals surface area contributed by atoms with E-state index in [0.717, 1.165) is 11.9 Å². The van der Waals surface area contributed by atoms with Crippen molar-refractivity contribution in [3.05, 3.63) is 42.1 Å². The lowest BCUT2D eigenvalue weighted by Crippen LogP contribution is -2.58. The average Bonchev–Trinajstić information content (AvgIpc) is 3.11. The van der Waals surface area contributed by atoms with E-state index >= 15 is 0 Å². The topological polar surface area (TPSA) is 80.5 Å². The lowest BCUT2D eigenvalue weighted by atomic mass is 10.0. The highest BCUT2D eigenvalue weighted by Gasteiger charge is 2.29. The van der Waals surface area contributed by atoms with Crippen molar-refractivity contribution in [3.8, 4) is 17.2 Å². The van der Waals surface area contributed by atoms with Crippen LogP contribution in [-0.4, -0.2) is 53.3 Å². The van der Waals surface area contributed by atoms with Gasteiger partial charge in [0, 0.05) is 30.6 Å². The first kappa shape index (κ1) is 17.5. The quantitative estimate of drug-likeness (QED) is 0.768. The van der Waals surface area contributed by atoms with Crippen molar-refractivity contribution >= 4 is 16.9 Å². The summed E-state index contributed by atoms with van der Waals surface area (Å²) in [7, 11) is 1.61. The maximum atomic E-state index is 12.7. The second kappa shape index (κ2) is 6.66. The van der Waals surface area contributed by atoms with Gasteiger partial charge in [-0.05, 0) is 38.1 Å². The van der Waals surface area contributed by atoms with Crippen LogP contribution in [0.1, 0.15) is 24.3 Å². The summed E-state index contributed by atoms with van der Waals surface area (Å²) >= 11 is 0. The van der Waals surface area contributed by atoms with Crippen LogP contribution in [0.15, 0.2) is 40.8 Å². The van der Waals surface area contributed by atoms with Crippen LogP contribution in [0.2, 0.25) is 0 Å². The summed E-state index contributed by atoms with van der Waals surface area (Å²) in [5, 5.41) is 12.7. The first-order valence-electron chi connectivity index (χ1n) is 8.92. The number of nitrogens with zero attached hydrogens (tertiary/aromatic N) is 3. The maximum absolute atomic E-state index is 12.7. The first-order valence-corrected chi connectivity index (χ1v) is 8.92. The molecule has 1 amide bonds. The Morgan fingerprint density at radius 2 is 2.11 bits per heavy atom. The Morgan fingerprint density at radius 3 is 2.81 bits per heavy atom. The number of para-hydroxylation sites is 1. The Labute approximate surface area is 157 Å². The number of carbonyl (C=O) groups excluding carboxylic acids is 1. The zero-order chi connectivity index (χ0) is 19.0. The van der Waals surface area contributed by atoms with Gasteiger partial charge in [-0.1, -0.05) is 12.1 Å². The molecule has 3 aromatic rings. The monoisotopic (exact) mass is 366 g/mol. The lowest BCUT2D eigenvalue weighted by Gasteiger charge is -2.38. The summed E-state index contributed by atoms with van der Waals surface area (Å²) in [6.07, 6.45) is 0. The van der Waals surface area contributed by atoms with Crippen molar-refractivity contribution in [1.29, 1.82) is 0 Å². The largest absolute Gasteiger partial charge is 0.493 e. The fourth-order valence-electron chi connectivity index (χ4n) is 3.38. The van der Waals surface area contributed by atoms with Gasteiger partial charge in [0.2, 0.25) is 0 Å². The van der Waals surface area contributed by atoms with Crippen LogP contribution in [0.3, 0.4) is 0 Å². The van der Waals surface area contributed by atoms with E-state index in [-0.39, 0.29) is 11.4 Å². The second-order valence-corrected chi connectivity index (χ2v) is 7.33. The number of aromatic nitrogens is 2. The molecule has 1 fully saturated rings. The molecule has 2 aromatic heterocycles. The van der Waals surface area contributed by atoms with Crippen LogP contribution in [0, 0.1) is 0 Å². The van der Waals surface area contributed by atoms with Crippen LogP contribution in [-0.2, 0) is 0 Å². The zero-order valence-electron chi connectivity index (χ0n) is 15.7. The van der Waals surface area contributed by atoms with Gasteiger partial charge < -0.3 is 19.4 Å². The molecule has 1 aliphatic heterocycles. The number of piperazine rings is 1. The predicted octanol–water partition coefficient (Wildman–Crippen LogP) is 2.72. The number of hydrogen-bond acceptors (Lipinski definition) is 6. The number of amides is 1. The summed E-state index contributed by atoms with van der Waals surface area (Å²) in [4.78, 5) is 14.5. The fourth-order valence-corrected chi connectivity index (χ4v) is 3.38. The van der Waals surface area contributed by atoms with Crippen molar-refractivity contribution < 1.29 is 13.9 Å². The number of hydrogen-bond donors (Lipinski definition) is 1. The molecule has 4 rings (SSSR count). The molecule has 3 heterocycles. The third kappa shape index (κ3) is 3.38. The maximum Gasteiger partial charge on any atom is 0.274 e.